The maximum atomic E-state index is 13.9. The van der Waals surface area contributed by atoms with Crippen molar-refractivity contribution in [2.24, 2.45) is 0 Å². The summed E-state index contributed by atoms with van der Waals surface area (Å²) in [7, 11) is 0. The molecule has 0 saturated heterocycles. The number of rotatable bonds is 3. The summed E-state index contributed by atoms with van der Waals surface area (Å²) >= 11 is 0. The van der Waals surface area contributed by atoms with Gasteiger partial charge in [-0.25, -0.2) is 18.1 Å². The standard InChI is InChI=1S/C25H17F3N2O2/c26-18-7-5-16(6-8-18)22-23(29-12-11-15-3-1-2-4-17(15)14-29)25(32)30(24(22)31)19-9-10-20(27)21(28)13-19/h1-10,13H,11-12,14H2. The highest BCUT2D eigenvalue weighted by Crippen LogP contribution is 2.37. The molecule has 2 heterocycles. The molecule has 0 bridgehead atoms. The molecular weight excluding hydrogens is 417 g/mol. The van der Waals surface area contributed by atoms with E-state index in [2.05, 4.69) is 0 Å². The van der Waals surface area contributed by atoms with E-state index in [0.717, 1.165) is 22.6 Å². The maximum absolute atomic E-state index is 13.9. The van der Waals surface area contributed by atoms with Gasteiger partial charge < -0.3 is 4.90 Å². The van der Waals surface area contributed by atoms with Crippen LogP contribution < -0.4 is 4.90 Å². The van der Waals surface area contributed by atoms with Crippen LogP contribution in [0.5, 0.6) is 0 Å². The summed E-state index contributed by atoms with van der Waals surface area (Å²) in [5.74, 6) is -4.00. The molecule has 32 heavy (non-hydrogen) atoms. The van der Waals surface area contributed by atoms with Gasteiger partial charge in [-0.1, -0.05) is 36.4 Å². The van der Waals surface area contributed by atoms with Crippen LogP contribution in [0, 0.1) is 17.5 Å². The van der Waals surface area contributed by atoms with E-state index in [9.17, 15) is 22.8 Å². The first-order chi connectivity index (χ1) is 15.4. The number of halogens is 3. The molecule has 0 unspecified atom stereocenters. The maximum Gasteiger partial charge on any atom is 0.282 e. The van der Waals surface area contributed by atoms with Crippen molar-refractivity contribution in [3.63, 3.8) is 0 Å². The second-order valence-electron chi connectivity index (χ2n) is 7.71. The molecule has 4 nitrogen and oxygen atoms in total. The Morgan fingerprint density at radius 3 is 2.19 bits per heavy atom. The lowest BCUT2D eigenvalue weighted by molar-refractivity contribution is -0.120. The van der Waals surface area contributed by atoms with E-state index in [1.165, 1.54) is 35.9 Å². The Hall–Kier alpha value is -3.87. The van der Waals surface area contributed by atoms with Crippen LogP contribution >= 0.6 is 0 Å². The normalized spacial score (nSPS) is 16.1. The Kier molecular flexibility index (Phi) is 4.81. The minimum absolute atomic E-state index is 0.0640. The number of carbonyl (C=O) groups excluding carboxylic acids is 2. The van der Waals surface area contributed by atoms with Gasteiger partial charge in [-0.05, 0) is 47.4 Å². The van der Waals surface area contributed by atoms with Crippen molar-refractivity contribution >= 4 is 23.1 Å². The van der Waals surface area contributed by atoms with E-state index < -0.39 is 29.3 Å². The lowest BCUT2D eigenvalue weighted by atomic mass is 9.98. The fraction of sp³-hybridized carbons (Fsp3) is 0.120. The van der Waals surface area contributed by atoms with E-state index >= 15 is 0 Å². The number of benzene rings is 3. The van der Waals surface area contributed by atoms with Crippen molar-refractivity contribution in [1.29, 1.82) is 0 Å². The summed E-state index contributed by atoms with van der Waals surface area (Å²) in [6.07, 6.45) is 0.684. The molecule has 2 amide bonds. The zero-order valence-electron chi connectivity index (χ0n) is 16.8. The van der Waals surface area contributed by atoms with Gasteiger partial charge in [-0.3, -0.25) is 9.59 Å². The van der Waals surface area contributed by atoms with Crippen LogP contribution in [0.25, 0.3) is 5.57 Å². The van der Waals surface area contributed by atoms with Gasteiger partial charge >= 0.3 is 0 Å². The zero-order valence-corrected chi connectivity index (χ0v) is 16.8. The molecule has 0 N–H and O–H groups in total. The first kappa shape index (κ1) is 20.1. The SMILES string of the molecule is O=C1C(c2ccc(F)cc2)=C(N2CCc3ccccc3C2)C(=O)N1c1ccc(F)c(F)c1. The van der Waals surface area contributed by atoms with E-state index in [0.29, 0.717) is 25.1 Å². The van der Waals surface area contributed by atoms with Crippen LogP contribution in [0.2, 0.25) is 0 Å². The Bertz CT molecular complexity index is 1280. The Labute approximate surface area is 182 Å². The fourth-order valence-electron chi connectivity index (χ4n) is 4.23. The fourth-order valence-corrected chi connectivity index (χ4v) is 4.23. The summed E-state index contributed by atoms with van der Waals surface area (Å²) in [4.78, 5) is 29.6. The van der Waals surface area contributed by atoms with Gasteiger partial charge in [0.05, 0.1) is 11.3 Å². The van der Waals surface area contributed by atoms with Gasteiger partial charge in [0.2, 0.25) is 0 Å². The quantitative estimate of drug-likeness (QED) is 0.572. The van der Waals surface area contributed by atoms with Crippen molar-refractivity contribution < 1.29 is 22.8 Å². The number of nitrogens with zero attached hydrogens (tertiary/aromatic N) is 2. The van der Waals surface area contributed by atoms with Gasteiger partial charge in [-0.15, -0.1) is 0 Å². The average Bonchev–Trinajstić information content (AvgIpc) is 3.06. The highest BCUT2D eigenvalue weighted by molar-refractivity contribution is 6.45. The minimum atomic E-state index is -1.16. The Balaban J connectivity index is 1.62. The molecule has 0 aliphatic carbocycles. The lowest BCUT2D eigenvalue weighted by Crippen LogP contribution is -2.37. The molecule has 0 radical (unpaired) electrons. The predicted molar refractivity (Wildman–Crippen MR) is 113 cm³/mol. The van der Waals surface area contributed by atoms with Crippen LogP contribution in [0.15, 0.2) is 72.4 Å². The highest BCUT2D eigenvalue weighted by atomic mass is 19.2. The van der Waals surface area contributed by atoms with Crippen LogP contribution in [0.3, 0.4) is 0 Å². The van der Waals surface area contributed by atoms with E-state index in [-0.39, 0.29) is 17.0 Å². The Morgan fingerprint density at radius 2 is 1.47 bits per heavy atom. The molecular formula is C25H17F3N2O2. The molecule has 2 aliphatic heterocycles. The summed E-state index contributed by atoms with van der Waals surface area (Å²) in [6, 6.07) is 16.0. The smallest absolute Gasteiger partial charge is 0.282 e. The third kappa shape index (κ3) is 3.26. The molecule has 0 spiro atoms. The third-order valence-corrected chi connectivity index (χ3v) is 5.80. The first-order valence-corrected chi connectivity index (χ1v) is 10.1. The summed E-state index contributed by atoms with van der Waals surface area (Å²) < 4.78 is 40.9. The molecule has 0 saturated carbocycles. The van der Waals surface area contributed by atoms with E-state index in [1.54, 1.807) is 0 Å². The minimum Gasteiger partial charge on any atom is -0.362 e. The molecule has 3 aromatic carbocycles. The first-order valence-electron chi connectivity index (χ1n) is 10.1. The van der Waals surface area contributed by atoms with Crippen LogP contribution in [-0.2, 0) is 22.6 Å². The summed E-state index contributed by atoms with van der Waals surface area (Å²) in [5, 5.41) is 0. The van der Waals surface area contributed by atoms with Gasteiger partial charge in [0, 0.05) is 19.2 Å². The molecule has 160 valence electrons. The number of anilines is 1. The molecule has 0 fully saturated rings. The van der Waals surface area contributed by atoms with Gasteiger partial charge in [0.25, 0.3) is 11.8 Å². The van der Waals surface area contributed by atoms with Crippen molar-refractivity contribution in [1.82, 2.24) is 4.90 Å². The number of hydrogen-bond acceptors (Lipinski definition) is 3. The second-order valence-corrected chi connectivity index (χ2v) is 7.71. The van der Waals surface area contributed by atoms with Crippen molar-refractivity contribution in [2.45, 2.75) is 13.0 Å². The molecule has 2 aliphatic rings. The van der Waals surface area contributed by atoms with Crippen LogP contribution in [0.1, 0.15) is 16.7 Å². The zero-order chi connectivity index (χ0) is 22.4. The predicted octanol–water partition coefficient (Wildman–Crippen LogP) is 4.45. The lowest BCUT2D eigenvalue weighted by Gasteiger charge is -2.31. The number of amides is 2. The van der Waals surface area contributed by atoms with E-state index in [1.807, 2.05) is 29.2 Å². The molecule has 0 atom stereocenters. The topological polar surface area (TPSA) is 40.6 Å². The Morgan fingerprint density at radius 1 is 0.750 bits per heavy atom. The molecule has 5 rings (SSSR count). The average molecular weight is 434 g/mol. The summed E-state index contributed by atoms with van der Waals surface area (Å²) in [5.41, 5.74) is 2.80. The molecule has 3 aromatic rings. The van der Waals surface area contributed by atoms with E-state index in [4.69, 9.17) is 0 Å². The monoisotopic (exact) mass is 434 g/mol. The van der Waals surface area contributed by atoms with Gasteiger partial charge in [0.15, 0.2) is 11.6 Å². The second kappa shape index (κ2) is 7.67. The van der Waals surface area contributed by atoms with Crippen molar-refractivity contribution in [3.8, 4) is 0 Å². The van der Waals surface area contributed by atoms with Crippen LogP contribution in [-0.4, -0.2) is 23.3 Å². The van der Waals surface area contributed by atoms with Gasteiger partial charge in [0.1, 0.15) is 11.5 Å². The largest absolute Gasteiger partial charge is 0.362 e. The third-order valence-electron chi connectivity index (χ3n) is 5.80. The van der Waals surface area contributed by atoms with Crippen molar-refractivity contribution in [3.05, 3.63) is 107 Å². The van der Waals surface area contributed by atoms with Gasteiger partial charge in [-0.2, -0.15) is 0 Å². The molecule has 0 aromatic heterocycles. The number of carbonyl (C=O) groups is 2. The number of imide groups is 1. The highest BCUT2D eigenvalue weighted by Gasteiger charge is 2.43. The number of hydrogen-bond donors (Lipinski definition) is 0. The summed E-state index contributed by atoms with van der Waals surface area (Å²) in [6.45, 7) is 0.919. The molecule has 7 heteroatoms. The van der Waals surface area contributed by atoms with Crippen LogP contribution in [0.4, 0.5) is 18.9 Å². The van der Waals surface area contributed by atoms with Crippen molar-refractivity contribution in [2.75, 3.05) is 11.4 Å². The number of fused-ring (bicyclic) bond motifs is 1.